The summed E-state index contributed by atoms with van der Waals surface area (Å²) in [7, 11) is 2.07. The summed E-state index contributed by atoms with van der Waals surface area (Å²) < 4.78 is 25.7. The maximum Gasteiger partial charge on any atom is 0.249 e. The number of likely N-dealkylation sites (tertiary alicyclic amines) is 1. The minimum atomic E-state index is -2.37. The molecule has 82 valence electrons. The van der Waals surface area contributed by atoms with Gasteiger partial charge in [0.25, 0.3) is 0 Å². The highest BCUT2D eigenvalue weighted by Crippen LogP contribution is 2.58. The van der Waals surface area contributed by atoms with Gasteiger partial charge >= 0.3 is 0 Å². The van der Waals surface area contributed by atoms with E-state index >= 15 is 0 Å². The van der Waals surface area contributed by atoms with Gasteiger partial charge < -0.3 is 4.90 Å². The van der Waals surface area contributed by atoms with Crippen molar-refractivity contribution in [1.82, 2.24) is 4.90 Å². The lowest BCUT2D eigenvalue weighted by Crippen LogP contribution is -2.47. The minimum absolute atomic E-state index is 0.0484. The van der Waals surface area contributed by atoms with Crippen LogP contribution in [-0.2, 0) is 0 Å². The fourth-order valence-corrected chi connectivity index (χ4v) is 3.36. The Hall–Kier alpha value is -0.180. The van der Waals surface area contributed by atoms with Crippen LogP contribution in [0.15, 0.2) is 0 Å². The van der Waals surface area contributed by atoms with Gasteiger partial charge in [-0.25, -0.2) is 8.78 Å². The van der Waals surface area contributed by atoms with E-state index in [2.05, 4.69) is 25.8 Å². The van der Waals surface area contributed by atoms with Crippen molar-refractivity contribution in [3.05, 3.63) is 0 Å². The summed E-state index contributed by atoms with van der Waals surface area (Å²) in [5.74, 6) is -1.79. The first-order chi connectivity index (χ1) is 6.34. The monoisotopic (exact) mass is 203 g/mol. The van der Waals surface area contributed by atoms with Crippen molar-refractivity contribution in [2.24, 2.45) is 11.3 Å². The first kappa shape index (κ1) is 10.3. The quantitative estimate of drug-likeness (QED) is 0.633. The number of hydrogen-bond donors (Lipinski definition) is 0. The Labute approximate surface area is 84.5 Å². The molecule has 0 aromatic rings. The van der Waals surface area contributed by atoms with E-state index in [1.165, 1.54) is 0 Å². The van der Waals surface area contributed by atoms with Crippen LogP contribution in [0.5, 0.6) is 0 Å². The van der Waals surface area contributed by atoms with Crippen molar-refractivity contribution in [2.45, 2.75) is 45.1 Å². The van der Waals surface area contributed by atoms with Crippen LogP contribution >= 0.6 is 0 Å². The Morgan fingerprint density at radius 2 is 1.86 bits per heavy atom. The van der Waals surface area contributed by atoms with Crippen LogP contribution in [0, 0.1) is 11.3 Å². The molecule has 1 aliphatic carbocycles. The highest BCUT2D eigenvalue weighted by molar-refractivity contribution is 5.06. The van der Waals surface area contributed by atoms with Gasteiger partial charge in [-0.1, -0.05) is 13.8 Å². The molecule has 2 rings (SSSR count). The Morgan fingerprint density at radius 1 is 1.29 bits per heavy atom. The van der Waals surface area contributed by atoms with Crippen molar-refractivity contribution < 1.29 is 8.78 Å². The molecule has 0 unspecified atom stereocenters. The summed E-state index contributed by atoms with van der Waals surface area (Å²) >= 11 is 0. The van der Waals surface area contributed by atoms with E-state index < -0.39 is 5.92 Å². The Morgan fingerprint density at radius 3 is 2.21 bits per heavy atom. The summed E-state index contributed by atoms with van der Waals surface area (Å²) in [6.07, 6.45) is 1.21. The lowest BCUT2D eigenvalue weighted by Gasteiger charge is -2.44. The zero-order valence-corrected chi connectivity index (χ0v) is 9.19. The molecule has 0 aromatic heterocycles. The smallest absolute Gasteiger partial charge is 0.249 e. The number of alkyl halides is 2. The molecule has 0 radical (unpaired) electrons. The van der Waals surface area contributed by atoms with Gasteiger partial charge in [0.15, 0.2) is 0 Å². The van der Waals surface area contributed by atoms with E-state index in [9.17, 15) is 8.78 Å². The molecular weight excluding hydrogens is 184 g/mol. The zero-order valence-electron chi connectivity index (χ0n) is 9.19. The van der Waals surface area contributed by atoms with Gasteiger partial charge in [0, 0.05) is 25.4 Å². The first-order valence-electron chi connectivity index (χ1n) is 5.42. The van der Waals surface area contributed by atoms with Crippen molar-refractivity contribution in [1.29, 1.82) is 0 Å². The molecule has 1 heterocycles. The molecule has 0 N–H and O–H groups in total. The van der Waals surface area contributed by atoms with Crippen LogP contribution in [0.25, 0.3) is 0 Å². The van der Waals surface area contributed by atoms with Gasteiger partial charge in [0.1, 0.15) is 0 Å². The first-order valence-corrected chi connectivity index (χ1v) is 5.42. The Kier molecular flexibility index (Phi) is 2.15. The molecule has 1 saturated heterocycles. The van der Waals surface area contributed by atoms with Gasteiger partial charge in [-0.3, -0.25) is 0 Å². The fourth-order valence-electron chi connectivity index (χ4n) is 3.36. The maximum atomic E-state index is 12.9. The van der Waals surface area contributed by atoms with E-state index in [1.54, 1.807) is 0 Å². The fraction of sp³-hybridized carbons (Fsp3) is 1.00. The molecule has 0 aromatic carbocycles. The Balaban J connectivity index is 2.01. The van der Waals surface area contributed by atoms with E-state index in [0.717, 1.165) is 13.0 Å². The number of nitrogens with zero attached hydrogens (tertiary/aromatic N) is 1. The summed E-state index contributed by atoms with van der Waals surface area (Å²) in [6.45, 7) is 5.22. The van der Waals surface area contributed by atoms with Gasteiger partial charge in [-0.15, -0.1) is 0 Å². The van der Waals surface area contributed by atoms with Crippen molar-refractivity contribution in [3.8, 4) is 0 Å². The Bertz CT molecular complexity index is 229. The summed E-state index contributed by atoms with van der Waals surface area (Å²) in [6, 6.07) is 0.506. The average Bonchev–Trinajstić information content (AvgIpc) is 2.24. The summed E-state index contributed by atoms with van der Waals surface area (Å²) in [5, 5.41) is 0. The average molecular weight is 203 g/mol. The molecular formula is C11H19F2N. The van der Waals surface area contributed by atoms with Gasteiger partial charge in [0.2, 0.25) is 5.92 Å². The van der Waals surface area contributed by atoms with Crippen molar-refractivity contribution >= 4 is 0 Å². The predicted molar refractivity (Wildman–Crippen MR) is 52.5 cm³/mol. The van der Waals surface area contributed by atoms with Crippen LogP contribution < -0.4 is 0 Å². The third-order valence-electron chi connectivity index (χ3n) is 3.83. The normalized spacial score (nSPS) is 35.1. The molecule has 3 heteroatoms. The maximum absolute atomic E-state index is 12.9. The molecule has 1 atom stereocenters. The van der Waals surface area contributed by atoms with E-state index in [4.69, 9.17) is 0 Å². The third kappa shape index (κ3) is 1.56. The van der Waals surface area contributed by atoms with Crippen LogP contribution in [-0.4, -0.2) is 30.5 Å². The number of rotatable bonds is 1. The minimum Gasteiger partial charge on any atom is -0.303 e. The second-order valence-corrected chi connectivity index (χ2v) is 5.64. The van der Waals surface area contributed by atoms with E-state index in [-0.39, 0.29) is 18.3 Å². The summed E-state index contributed by atoms with van der Waals surface area (Å²) in [4.78, 5) is 2.26. The molecule has 0 bridgehead atoms. The molecule has 0 amide bonds. The molecule has 1 spiro atoms. The highest BCUT2D eigenvalue weighted by atomic mass is 19.3. The van der Waals surface area contributed by atoms with Crippen molar-refractivity contribution in [3.63, 3.8) is 0 Å². The van der Waals surface area contributed by atoms with Gasteiger partial charge in [-0.05, 0) is 24.8 Å². The molecule has 2 aliphatic rings. The standard InChI is InChI=1S/C11H19F2N/c1-8(2)9-4-10(7-14(9)3)5-11(12,13)6-10/h8-9H,4-7H2,1-3H3/t9-/m0/s1. The molecule has 1 saturated carbocycles. The summed E-state index contributed by atoms with van der Waals surface area (Å²) in [5.41, 5.74) is -0.0484. The second kappa shape index (κ2) is 2.91. The molecule has 1 aliphatic heterocycles. The lowest BCUT2D eigenvalue weighted by atomic mass is 9.64. The number of halogens is 2. The molecule has 1 nitrogen and oxygen atoms in total. The van der Waals surface area contributed by atoms with Crippen LogP contribution in [0.4, 0.5) is 8.78 Å². The van der Waals surface area contributed by atoms with E-state index in [0.29, 0.717) is 12.0 Å². The van der Waals surface area contributed by atoms with Crippen LogP contribution in [0.1, 0.15) is 33.1 Å². The lowest BCUT2D eigenvalue weighted by molar-refractivity contribution is -0.155. The van der Waals surface area contributed by atoms with E-state index in [1.807, 2.05) is 0 Å². The van der Waals surface area contributed by atoms with Gasteiger partial charge in [-0.2, -0.15) is 0 Å². The zero-order chi connectivity index (χ0) is 10.6. The highest BCUT2D eigenvalue weighted by Gasteiger charge is 2.60. The number of hydrogen-bond acceptors (Lipinski definition) is 1. The largest absolute Gasteiger partial charge is 0.303 e. The topological polar surface area (TPSA) is 3.24 Å². The molecule has 2 fully saturated rings. The second-order valence-electron chi connectivity index (χ2n) is 5.64. The van der Waals surface area contributed by atoms with Crippen LogP contribution in [0.2, 0.25) is 0 Å². The van der Waals surface area contributed by atoms with Crippen LogP contribution in [0.3, 0.4) is 0 Å². The third-order valence-corrected chi connectivity index (χ3v) is 3.83. The van der Waals surface area contributed by atoms with Crippen molar-refractivity contribution in [2.75, 3.05) is 13.6 Å². The predicted octanol–water partition coefficient (Wildman–Crippen LogP) is 2.76. The SMILES string of the molecule is CC(C)[C@@H]1CC2(CN1C)CC(F)(F)C2. The van der Waals surface area contributed by atoms with Gasteiger partial charge in [0.05, 0.1) is 0 Å². The molecule has 14 heavy (non-hydrogen) atoms.